The lowest BCUT2D eigenvalue weighted by molar-refractivity contribution is 0.122. The Morgan fingerprint density at radius 2 is 2.05 bits per heavy atom. The van der Waals surface area contributed by atoms with Crippen LogP contribution in [0.15, 0.2) is 24.3 Å². The van der Waals surface area contributed by atoms with Crippen LogP contribution in [0.4, 0.5) is 4.79 Å². The van der Waals surface area contributed by atoms with E-state index in [0.29, 0.717) is 12.5 Å². The van der Waals surface area contributed by atoms with Crippen molar-refractivity contribution in [3.8, 4) is 5.75 Å². The first kappa shape index (κ1) is 14.7. The van der Waals surface area contributed by atoms with E-state index in [-0.39, 0.29) is 6.03 Å². The van der Waals surface area contributed by atoms with Crippen molar-refractivity contribution in [2.45, 2.75) is 19.8 Å². The number of ether oxygens (including phenoxy) is 1. The quantitative estimate of drug-likeness (QED) is 0.850. The second kappa shape index (κ2) is 6.64. The van der Waals surface area contributed by atoms with Gasteiger partial charge in [0, 0.05) is 33.1 Å². The van der Waals surface area contributed by atoms with Crippen LogP contribution in [-0.2, 0) is 0 Å². The molecular weight excluding hydrogens is 252 g/mol. The smallest absolute Gasteiger partial charge is 0.319 e. The van der Waals surface area contributed by atoms with Gasteiger partial charge in [0.25, 0.3) is 0 Å². The van der Waals surface area contributed by atoms with Crippen molar-refractivity contribution >= 4 is 6.03 Å². The SMILES string of the molecule is Cc1ccc(OCC2CCCN(C(=O)N(C)C)C2)cc1. The Bertz CT molecular complexity index is 442. The standard InChI is InChI=1S/C16H24N2O2/c1-13-6-8-15(9-7-13)20-12-14-5-4-10-18(11-14)16(19)17(2)3/h6-9,14H,4-5,10-12H2,1-3H3. The summed E-state index contributed by atoms with van der Waals surface area (Å²) in [6.45, 7) is 4.40. The van der Waals surface area contributed by atoms with E-state index >= 15 is 0 Å². The topological polar surface area (TPSA) is 32.8 Å². The van der Waals surface area contributed by atoms with Crippen LogP contribution in [0.3, 0.4) is 0 Å². The molecule has 4 nitrogen and oxygen atoms in total. The highest BCUT2D eigenvalue weighted by Crippen LogP contribution is 2.19. The van der Waals surface area contributed by atoms with Gasteiger partial charge in [-0.05, 0) is 31.9 Å². The van der Waals surface area contributed by atoms with Gasteiger partial charge in [-0.3, -0.25) is 0 Å². The van der Waals surface area contributed by atoms with Crippen LogP contribution in [0.5, 0.6) is 5.75 Å². The molecule has 1 aliphatic heterocycles. The molecule has 1 atom stereocenters. The van der Waals surface area contributed by atoms with Crippen molar-refractivity contribution in [2.24, 2.45) is 5.92 Å². The van der Waals surface area contributed by atoms with Crippen LogP contribution in [0.25, 0.3) is 0 Å². The summed E-state index contributed by atoms with van der Waals surface area (Å²) >= 11 is 0. The second-order valence-corrected chi connectivity index (χ2v) is 5.76. The second-order valence-electron chi connectivity index (χ2n) is 5.76. The molecule has 0 aliphatic carbocycles. The number of nitrogens with zero attached hydrogens (tertiary/aromatic N) is 2. The number of hydrogen-bond donors (Lipinski definition) is 0. The number of amides is 2. The third-order valence-electron chi connectivity index (χ3n) is 3.68. The molecule has 2 rings (SSSR count). The molecule has 1 heterocycles. The Kier molecular flexibility index (Phi) is 4.88. The van der Waals surface area contributed by atoms with Crippen LogP contribution in [0.2, 0.25) is 0 Å². The van der Waals surface area contributed by atoms with Gasteiger partial charge >= 0.3 is 6.03 Å². The molecule has 1 aromatic rings. The van der Waals surface area contributed by atoms with Crippen molar-refractivity contribution in [1.29, 1.82) is 0 Å². The van der Waals surface area contributed by atoms with Crippen molar-refractivity contribution in [3.05, 3.63) is 29.8 Å². The van der Waals surface area contributed by atoms with E-state index in [4.69, 9.17) is 4.74 Å². The maximum absolute atomic E-state index is 12.0. The van der Waals surface area contributed by atoms with E-state index in [1.165, 1.54) is 5.56 Å². The lowest BCUT2D eigenvalue weighted by Crippen LogP contribution is -2.46. The number of likely N-dealkylation sites (tertiary alicyclic amines) is 1. The summed E-state index contributed by atoms with van der Waals surface area (Å²) < 4.78 is 5.84. The maximum atomic E-state index is 12.0. The van der Waals surface area contributed by atoms with Crippen molar-refractivity contribution < 1.29 is 9.53 Å². The first-order valence-corrected chi connectivity index (χ1v) is 7.22. The van der Waals surface area contributed by atoms with E-state index in [1.807, 2.05) is 17.0 Å². The molecule has 4 heteroatoms. The normalized spacial score (nSPS) is 18.8. The molecule has 0 bridgehead atoms. The molecule has 0 spiro atoms. The minimum Gasteiger partial charge on any atom is -0.493 e. The molecule has 0 N–H and O–H groups in total. The molecule has 0 aromatic heterocycles. The zero-order valence-electron chi connectivity index (χ0n) is 12.6. The third-order valence-corrected chi connectivity index (χ3v) is 3.68. The van der Waals surface area contributed by atoms with Crippen molar-refractivity contribution in [3.63, 3.8) is 0 Å². The summed E-state index contributed by atoms with van der Waals surface area (Å²) in [5.41, 5.74) is 1.23. The molecule has 110 valence electrons. The molecule has 1 aliphatic rings. The van der Waals surface area contributed by atoms with Gasteiger partial charge in [0.05, 0.1) is 6.61 Å². The number of rotatable bonds is 3. The molecule has 1 aromatic carbocycles. The number of benzene rings is 1. The molecule has 1 saturated heterocycles. The molecule has 20 heavy (non-hydrogen) atoms. The highest BCUT2D eigenvalue weighted by Gasteiger charge is 2.24. The molecule has 1 unspecified atom stereocenters. The zero-order valence-corrected chi connectivity index (χ0v) is 12.6. The summed E-state index contributed by atoms with van der Waals surface area (Å²) in [6, 6.07) is 8.21. The largest absolute Gasteiger partial charge is 0.493 e. The summed E-state index contributed by atoms with van der Waals surface area (Å²) in [4.78, 5) is 15.5. The molecule has 0 saturated carbocycles. The monoisotopic (exact) mass is 276 g/mol. The molecule has 1 fully saturated rings. The highest BCUT2D eigenvalue weighted by atomic mass is 16.5. The Morgan fingerprint density at radius 1 is 1.35 bits per heavy atom. The van der Waals surface area contributed by atoms with Crippen LogP contribution >= 0.6 is 0 Å². The van der Waals surface area contributed by atoms with Gasteiger partial charge in [0.15, 0.2) is 0 Å². The average Bonchev–Trinajstić information content (AvgIpc) is 2.46. The minimum atomic E-state index is 0.102. The number of carbonyl (C=O) groups is 1. The number of carbonyl (C=O) groups excluding carboxylic acids is 1. The van der Waals surface area contributed by atoms with Crippen LogP contribution in [0, 0.1) is 12.8 Å². The van der Waals surface area contributed by atoms with E-state index in [2.05, 4.69) is 19.1 Å². The fraction of sp³-hybridized carbons (Fsp3) is 0.562. The van der Waals surface area contributed by atoms with Gasteiger partial charge in [0.2, 0.25) is 0 Å². The number of piperidine rings is 1. The maximum Gasteiger partial charge on any atom is 0.319 e. The van der Waals surface area contributed by atoms with Gasteiger partial charge in [-0.2, -0.15) is 0 Å². The van der Waals surface area contributed by atoms with E-state index < -0.39 is 0 Å². The highest BCUT2D eigenvalue weighted by molar-refractivity contribution is 5.73. The lowest BCUT2D eigenvalue weighted by Gasteiger charge is -2.34. The predicted octanol–water partition coefficient (Wildman–Crippen LogP) is 2.77. The minimum absolute atomic E-state index is 0.102. The number of aryl methyl sites for hydroxylation is 1. The summed E-state index contributed by atoms with van der Waals surface area (Å²) in [6.07, 6.45) is 2.19. The summed E-state index contributed by atoms with van der Waals surface area (Å²) in [5.74, 6) is 1.33. The zero-order chi connectivity index (χ0) is 14.5. The van der Waals surface area contributed by atoms with Gasteiger partial charge in [0.1, 0.15) is 5.75 Å². The van der Waals surface area contributed by atoms with Gasteiger partial charge in [-0.15, -0.1) is 0 Å². The van der Waals surface area contributed by atoms with Gasteiger partial charge in [-0.25, -0.2) is 4.79 Å². The van der Waals surface area contributed by atoms with Crippen LogP contribution in [-0.4, -0.2) is 49.6 Å². The van der Waals surface area contributed by atoms with Crippen molar-refractivity contribution in [1.82, 2.24) is 9.80 Å². The third kappa shape index (κ3) is 3.89. The van der Waals surface area contributed by atoms with Gasteiger partial charge < -0.3 is 14.5 Å². The number of hydrogen-bond acceptors (Lipinski definition) is 2. The first-order chi connectivity index (χ1) is 9.56. The Hall–Kier alpha value is -1.71. The van der Waals surface area contributed by atoms with Crippen LogP contribution < -0.4 is 4.74 Å². The van der Waals surface area contributed by atoms with E-state index in [9.17, 15) is 4.79 Å². The van der Waals surface area contributed by atoms with E-state index in [1.54, 1.807) is 19.0 Å². The summed E-state index contributed by atoms with van der Waals surface area (Å²) in [7, 11) is 3.60. The average molecular weight is 276 g/mol. The molecular formula is C16H24N2O2. The first-order valence-electron chi connectivity index (χ1n) is 7.22. The molecule has 2 amide bonds. The fourth-order valence-electron chi connectivity index (χ4n) is 2.51. The fourth-order valence-corrected chi connectivity index (χ4v) is 2.51. The lowest BCUT2D eigenvalue weighted by atomic mass is 9.99. The Morgan fingerprint density at radius 3 is 2.70 bits per heavy atom. The van der Waals surface area contributed by atoms with Crippen LogP contribution in [0.1, 0.15) is 18.4 Å². The summed E-state index contributed by atoms with van der Waals surface area (Å²) in [5, 5.41) is 0. The van der Waals surface area contributed by atoms with Gasteiger partial charge in [-0.1, -0.05) is 17.7 Å². The van der Waals surface area contributed by atoms with Crippen molar-refractivity contribution in [2.75, 3.05) is 33.8 Å². The Labute approximate surface area is 121 Å². The van der Waals surface area contributed by atoms with E-state index in [0.717, 1.165) is 31.7 Å². The molecule has 0 radical (unpaired) electrons. The predicted molar refractivity (Wildman–Crippen MR) is 80.1 cm³/mol. The number of urea groups is 1. The Balaban J connectivity index is 1.84.